The maximum atomic E-state index is 14.2. The lowest BCUT2D eigenvalue weighted by Gasteiger charge is -2.38. The van der Waals surface area contributed by atoms with E-state index in [-0.39, 0.29) is 23.8 Å². The lowest BCUT2D eigenvalue weighted by atomic mass is 9.73. The number of nitrogens with one attached hydrogen (secondary N) is 2. The maximum Gasteiger partial charge on any atom is 0.246 e. The lowest BCUT2D eigenvalue weighted by molar-refractivity contribution is -0.141. The molecular formula is C33H39N3O5. The van der Waals surface area contributed by atoms with Gasteiger partial charge in [-0.1, -0.05) is 69.2 Å². The molecule has 2 aromatic rings. The summed E-state index contributed by atoms with van der Waals surface area (Å²) in [5.74, 6) is -0.647. The predicted octanol–water partition coefficient (Wildman–Crippen LogP) is 3.97. The molecule has 0 aromatic heterocycles. The first-order chi connectivity index (χ1) is 19.8. The fourth-order valence-corrected chi connectivity index (χ4v) is 7.35. The summed E-state index contributed by atoms with van der Waals surface area (Å²) in [6, 6.07) is 16.2. The molecule has 0 radical (unpaired) electrons. The van der Waals surface area contributed by atoms with Gasteiger partial charge in [0.25, 0.3) is 0 Å². The Kier molecular flexibility index (Phi) is 7.36. The molecule has 8 heteroatoms. The molecule has 1 spiro atoms. The van der Waals surface area contributed by atoms with Gasteiger partial charge in [-0.2, -0.15) is 0 Å². The number of rotatable bonds is 8. The van der Waals surface area contributed by atoms with Crippen LogP contribution in [0.4, 0.5) is 5.69 Å². The number of benzene rings is 2. The van der Waals surface area contributed by atoms with Crippen LogP contribution in [-0.2, 0) is 25.5 Å². The van der Waals surface area contributed by atoms with Crippen LogP contribution >= 0.6 is 0 Å². The Labute approximate surface area is 241 Å². The Bertz CT molecular complexity index is 1330. The number of anilines is 1. The Balaban J connectivity index is 1.28. The van der Waals surface area contributed by atoms with Crippen molar-refractivity contribution in [3.63, 3.8) is 0 Å². The monoisotopic (exact) mass is 557 g/mol. The van der Waals surface area contributed by atoms with Crippen molar-refractivity contribution in [1.29, 1.82) is 0 Å². The number of likely N-dealkylation sites (tertiary alicyclic amines) is 1. The third-order valence-electron chi connectivity index (χ3n) is 9.80. The van der Waals surface area contributed by atoms with E-state index in [1.54, 1.807) is 36.3 Å². The van der Waals surface area contributed by atoms with Crippen molar-refractivity contribution in [3.8, 4) is 5.75 Å². The maximum absolute atomic E-state index is 14.2. The lowest BCUT2D eigenvalue weighted by Crippen LogP contribution is -2.58. The minimum Gasteiger partial charge on any atom is -0.497 e. The molecule has 2 N–H and O–H groups in total. The van der Waals surface area contributed by atoms with Crippen LogP contribution in [0.3, 0.4) is 0 Å². The van der Waals surface area contributed by atoms with E-state index in [0.29, 0.717) is 36.2 Å². The number of carbonyl (C=O) groups is 3. The highest BCUT2D eigenvalue weighted by Crippen LogP contribution is 2.55. The summed E-state index contributed by atoms with van der Waals surface area (Å²) in [5.41, 5.74) is 0.518. The predicted molar refractivity (Wildman–Crippen MR) is 155 cm³/mol. The van der Waals surface area contributed by atoms with Gasteiger partial charge in [-0.05, 0) is 54.5 Å². The van der Waals surface area contributed by atoms with Crippen molar-refractivity contribution in [3.05, 3.63) is 72.3 Å². The van der Waals surface area contributed by atoms with Gasteiger partial charge in [0, 0.05) is 18.3 Å². The van der Waals surface area contributed by atoms with Crippen molar-refractivity contribution >= 4 is 23.4 Å². The first-order valence-corrected chi connectivity index (χ1v) is 14.8. The smallest absolute Gasteiger partial charge is 0.246 e. The molecule has 2 bridgehead atoms. The van der Waals surface area contributed by atoms with E-state index in [4.69, 9.17) is 9.47 Å². The largest absolute Gasteiger partial charge is 0.497 e. The van der Waals surface area contributed by atoms with E-state index >= 15 is 0 Å². The molecule has 8 atom stereocenters. The first kappa shape index (κ1) is 27.5. The Morgan fingerprint density at radius 1 is 1.05 bits per heavy atom. The quantitative estimate of drug-likeness (QED) is 0.479. The normalized spacial score (nSPS) is 33.5. The van der Waals surface area contributed by atoms with Gasteiger partial charge in [0.1, 0.15) is 17.4 Å². The van der Waals surface area contributed by atoms with Crippen molar-refractivity contribution < 1.29 is 23.9 Å². The van der Waals surface area contributed by atoms with Gasteiger partial charge < -0.3 is 25.0 Å². The van der Waals surface area contributed by atoms with Gasteiger partial charge >= 0.3 is 0 Å². The summed E-state index contributed by atoms with van der Waals surface area (Å²) in [4.78, 5) is 43.7. The summed E-state index contributed by atoms with van der Waals surface area (Å²) in [6.07, 6.45) is 6.91. The molecule has 6 unspecified atom stereocenters. The molecule has 3 amide bonds. The highest BCUT2D eigenvalue weighted by Gasteiger charge is 2.72. The minimum absolute atomic E-state index is 0.0459. The highest BCUT2D eigenvalue weighted by molar-refractivity contribution is 6.02. The number of hydrogen-bond acceptors (Lipinski definition) is 5. The summed E-state index contributed by atoms with van der Waals surface area (Å²) >= 11 is 0. The van der Waals surface area contributed by atoms with Crippen molar-refractivity contribution in [2.45, 2.75) is 63.3 Å². The van der Waals surface area contributed by atoms with Crippen molar-refractivity contribution in [1.82, 2.24) is 10.2 Å². The molecule has 2 saturated heterocycles. The van der Waals surface area contributed by atoms with Gasteiger partial charge in [-0.15, -0.1) is 0 Å². The molecule has 1 aliphatic carbocycles. The minimum atomic E-state index is -1.17. The van der Waals surface area contributed by atoms with Crippen LogP contribution in [0.2, 0.25) is 0 Å². The molecule has 41 heavy (non-hydrogen) atoms. The number of hydrogen-bond donors (Lipinski definition) is 2. The number of methoxy groups -OCH3 is 1. The molecule has 1 saturated carbocycles. The number of amides is 3. The average Bonchev–Trinajstić information content (AvgIpc) is 3.62. The molecule has 3 heterocycles. The summed E-state index contributed by atoms with van der Waals surface area (Å²) in [5, 5.41) is 6.28. The third kappa shape index (κ3) is 4.82. The van der Waals surface area contributed by atoms with E-state index in [0.717, 1.165) is 24.8 Å². The fraction of sp³-hybridized carbons (Fsp3) is 0.485. The average molecular weight is 558 g/mol. The molecule has 3 aliphatic heterocycles. The van der Waals surface area contributed by atoms with E-state index in [1.165, 1.54) is 0 Å². The van der Waals surface area contributed by atoms with Crippen LogP contribution in [0.5, 0.6) is 5.75 Å². The van der Waals surface area contributed by atoms with Crippen LogP contribution in [0.25, 0.3) is 0 Å². The second-order valence-electron chi connectivity index (χ2n) is 12.1. The van der Waals surface area contributed by atoms with Crippen LogP contribution < -0.4 is 15.4 Å². The van der Waals surface area contributed by atoms with Gasteiger partial charge in [0.15, 0.2) is 0 Å². The molecule has 4 aliphatic rings. The summed E-state index contributed by atoms with van der Waals surface area (Å²) in [6.45, 7) is 4.80. The zero-order valence-electron chi connectivity index (χ0n) is 23.9. The highest BCUT2D eigenvalue weighted by atomic mass is 16.5. The van der Waals surface area contributed by atoms with E-state index < -0.39 is 29.6 Å². The summed E-state index contributed by atoms with van der Waals surface area (Å²) in [7, 11) is 1.59. The number of nitrogens with zero attached hydrogens (tertiary/aromatic N) is 1. The standard InChI is InChI=1S/C33H39N3O5/c1-20-8-7-11-25(21(20)2)35-31(38)29-33-18-16-26(41-33)27(30(37)34-23-12-14-24(40-3)15-13-23)28(33)32(39)36(29)19-17-22-9-5-4-6-10-22/h4-6,9-10,12-16,18,20-21,25-29H,7-8,11,17,19H2,1-3H3,(H,34,37)(H,35,38)/t20?,21?,25?,26-,27?,28-,29?,33?/m0/s1. The third-order valence-corrected chi connectivity index (χ3v) is 9.80. The van der Waals surface area contributed by atoms with Gasteiger partial charge in [-0.25, -0.2) is 0 Å². The van der Waals surface area contributed by atoms with Crippen LogP contribution in [0, 0.1) is 23.7 Å². The molecule has 3 fully saturated rings. The molecular weight excluding hydrogens is 518 g/mol. The van der Waals surface area contributed by atoms with Crippen LogP contribution in [0.15, 0.2) is 66.7 Å². The van der Waals surface area contributed by atoms with Crippen LogP contribution in [-0.4, -0.2) is 60.1 Å². The van der Waals surface area contributed by atoms with Crippen molar-refractivity contribution in [2.24, 2.45) is 23.7 Å². The molecule has 2 aromatic carbocycles. The van der Waals surface area contributed by atoms with E-state index in [1.807, 2.05) is 42.5 Å². The second kappa shape index (κ2) is 11.0. The number of carbonyl (C=O) groups excluding carboxylic acids is 3. The molecule has 8 nitrogen and oxygen atoms in total. The topological polar surface area (TPSA) is 97.0 Å². The SMILES string of the molecule is COc1ccc(NC(=O)C2[C@@H]3C=CC4(O3)C(C(=O)NC3CCCC(C)C3C)N(CCc3ccccc3)C(=O)[C@H]24)cc1. The van der Waals surface area contributed by atoms with E-state index in [9.17, 15) is 14.4 Å². The number of fused-ring (bicyclic) bond motifs is 1. The molecule has 216 valence electrons. The van der Waals surface area contributed by atoms with E-state index in [2.05, 4.69) is 24.5 Å². The van der Waals surface area contributed by atoms with Gasteiger partial charge in [0.05, 0.1) is 25.0 Å². The fourth-order valence-electron chi connectivity index (χ4n) is 7.35. The Morgan fingerprint density at radius 2 is 1.80 bits per heavy atom. The second-order valence-corrected chi connectivity index (χ2v) is 12.1. The molecule has 6 rings (SSSR count). The number of ether oxygens (including phenoxy) is 2. The zero-order valence-corrected chi connectivity index (χ0v) is 23.9. The Hall–Kier alpha value is -3.65. The van der Waals surface area contributed by atoms with Crippen molar-refractivity contribution in [2.75, 3.05) is 19.0 Å². The summed E-state index contributed by atoms with van der Waals surface area (Å²) < 4.78 is 11.7. The van der Waals surface area contributed by atoms with Crippen LogP contribution in [0.1, 0.15) is 38.7 Å². The zero-order chi connectivity index (χ0) is 28.7. The Morgan fingerprint density at radius 3 is 2.54 bits per heavy atom. The van der Waals surface area contributed by atoms with Gasteiger partial charge in [0.2, 0.25) is 17.7 Å². The van der Waals surface area contributed by atoms with Gasteiger partial charge in [-0.3, -0.25) is 14.4 Å². The first-order valence-electron chi connectivity index (χ1n) is 14.8.